The van der Waals surface area contributed by atoms with Crippen LogP contribution in [0.25, 0.3) is 0 Å². The van der Waals surface area contributed by atoms with Gasteiger partial charge in [-0.2, -0.15) is 0 Å². The lowest BCUT2D eigenvalue weighted by molar-refractivity contribution is -0.133. The van der Waals surface area contributed by atoms with Crippen LogP contribution in [-0.4, -0.2) is 56.9 Å². The van der Waals surface area contributed by atoms with E-state index in [0.717, 1.165) is 6.54 Å². The third-order valence-electron chi connectivity index (χ3n) is 3.75. The minimum Gasteiger partial charge on any atom is -0.340 e. The van der Waals surface area contributed by atoms with Crippen LogP contribution in [-0.2, 0) is 14.6 Å². The average molecular weight is 260 g/mol. The number of sulfone groups is 1. The molecule has 0 bridgehead atoms. The first-order valence-electron chi connectivity index (χ1n) is 6.18. The molecule has 5 nitrogen and oxygen atoms in total. The quantitative estimate of drug-likeness (QED) is 0.752. The van der Waals surface area contributed by atoms with Gasteiger partial charge >= 0.3 is 0 Å². The highest BCUT2D eigenvalue weighted by molar-refractivity contribution is 7.91. The predicted molar refractivity (Wildman–Crippen MR) is 65.4 cm³/mol. The van der Waals surface area contributed by atoms with E-state index in [2.05, 4.69) is 5.32 Å². The normalized spacial score (nSPS) is 29.8. The first-order valence-corrected chi connectivity index (χ1v) is 8.00. The molecule has 2 aliphatic rings. The summed E-state index contributed by atoms with van der Waals surface area (Å²) in [5, 5.41) is 2.82. The molecule has 1 aliphatic heterocycles. The molecule has 1 unspecified atom stereocenters. The zero-order valence-corrected chi connectivity index (χ0v) is 11.0. The van der Waals surface area contributed by atoms with Gasteiger partial charge in [-0.3, -0.25) is 4.79 Å². The number of nitrogens with zero attached hydrogens (tertiary/aromatic N) is 1. The summed E-state index contributed by atoms with van der Waals surface area (Å²) >= 11 is 0. The zero-order chi connectivity index (χ0) is 12.5. The smallest absolute Gasteiger partial charge is 0.240 e. The number of nitrogens with one attached hydrogen (secondary N) is 1. The van der Waals surface area contributed by atoms with E-state index < -0.39 is 15.9 Å². The molecule has 0 aromatic heterocycles. The Labute approximate surface area is 102 Å². The first kappa shape index (κ1) is 12.8. The Balaban J connectivity index is 2.07. The van der Waals surface area contributed by atoms with Crippen LogP contribution in [0.1, 0.15) is 19.3 Å². The first-order chi connectivity index (χ1) is 8.02. The van der Waals surface area contributed by atoms with Crippen molar-refractivity contribution in [1.29, 1.82) is 0 Å². The summed E-state index contributed by atoms with van der Waals surface area (Å²) in [4.78, 5) is 13.9. The molecule has 1 saturated carbocycles. The second-order valence-electron chi connectivity index (χ2n) is 5.04. The Morgan fingerprint density at radius 3 is 2.65 bits per heavy atom. The monoisotopic (exact) mass is 260 g/mol. The Morgan fingerprint density at radius 2 is 2.12 bits per heavy atom. The lowest BCUT2D eigenvalue weighted by atomic mass is 9.85. The van der Waals surface area contributed by atoms with Crippen LogP contribution in [0.5, 0.6) is 0 Å². The van der Waals surface area contributed by atoms with Crippen molar-refractivity contribution in [2.24, 2.45) is 5.92 Å². The standard InChI is InChI=1S/C11H20N2O3S/c1-12-10-8-17(15,16)6-5-13(11(10)14)7-9-3-2-4-9/h9-10,12H,2-8H2,1H3. The number of amides is 1. The van der Waals surface area contributed by atoms with Crippen molar-refractivity contribution < 1.29 is 13.2 Å². The van der Waals surface area contributed by atoms with Gasteiger partial charge in [-0.1, -0.05) is 6.42 Å². The molecule has 1 heterocycles. The van der Waals surface area contributed by atoms with Gasteiger partial charge in [-0.15, -0.1) is 0 Å². The topological polar surface area (TPSA) is 66.5 Å². The van der Waals surface area contributed by atoms with Crippen LogP contribution in [0.15, 0.2) is 0 Å². The van der Waals surface area contributed by atoms with Gasteiger partial charge in [0.2, 0.25) is 5.91 Å². The van der Waals surface area contributed by atoms with Crippen molar-refractivity contribution in [1.82, 2.24) is 10.2 Å². The van der Waals surface area contributed by atoms with Crippen molar-refractivity contribution in [2.75, 3.05) is 31.6 Å². The molecular formula is C11H20N2O3S. The molecular weight excluding hydrogens is 240 g/mol. The molecule has 1 N–H and O–H groups in total. The largest absolute Gasteiger partial charge is 0.340 e. The minimum absolute atomic E-state index is 0.0551. The number of hydrogen-bond acceptors (Lipinski definition) is 4. The van der Waals surface area contributed by atoms with Crippen molar-refractivity contribution in [3.8, 4) is 0 Å². The van der Waals surface area contributed by atoms with Crippen molar-refractivity contribution in [3.05, 3.63) is 0 Å². The molecule has 1 aliphatic carbocycles. The third-order valence-corrected chi connectivity index (χ3v) is 5.40. The van der Waals surface area contributed by atoms with E-state index in [1.807, 2.05) is 0 Å². The van der Waals surface area contributed by atoms with E-state index in [1.54, 1.807) is 11.9 Å². The van der Waals surface area contributed by atoms with Gasteiger partial charge in [0.15, 0.2) is 9.84 Å². The minimum atomic E-state index is -3.10. The summed E-state index contributed by atoms with van der Waals surface area (Å²) in [6.45, 7) is 1.09. The molecule has 98 valence electrons. The number of carbonyl (C=O) groups is 1. The number of likely N-dealkylation sites (N-methyl/N-ethyl adjacent to an activating group) is 1. The second kappa shape index (κ2) is 4.94. The Kier molecular flexibility index (Phi) is 3.73. The maximum Gasteiger partial charge on any atom is 0.240 e. The fraction of sp³-hybridized carbons (Fsp3) is 0.909. The molecule has 1 atom stereocenters. The lowest BCUT2D eigenvalue weighted by Gasteiger charge is -2.32. The van der Waals surface area contributed by atoms with Gasteiger partial charge < -0.3 is 10.2 Å². The molecule has 1 amide bonds. The highest BCUT2D eigenvalue weighted by Gasteiger charge is 2.34. The Hall–Kier alpha value is -0.620. The van der Waals surface area contributed by atoms with Gasteiger partial charge in [0.05, 0.1) is 11.5 Å². The average Bonchev–Trinajstić information content (AvgIpc) is 2.32. The number of carbonyl (C=O) groups excluding carboxylic acids is 1. The van der Waals surface area contributed by atoms with Gasteiger partial charge in [0.1, 0.15) is 6.04 Å². The summed E-state index contributed by atoms with van der Waals surface area (Å²) < 4.78 is 23.4. The molecule has 0 radical (unpaired) electrons. The van der Waals surface area contributed by atoms with Crippen LogP contribution in [0.4, 0.5) is 0 Å². The third kappa shape index (κ3) is 2.98. The fourth-order valence-electron chi connectivity index (χ4n) is 2.36. The van der Waals surface area contributed by atoms with Gasteiger partial charge in [-0.05, 0) is 25.8 Å². The van der Waals surface area contributed by atoms with E-state index >= 15 is 0 Å². The van der Waals surface area contributed by atoms with Crippen LogP contribution >= 0.6 is 0 Å². The molecule has 6 heteroatoms. The molecule has 17 heavy (non-hydrogen) atoms. The van der Waals surface area contributed by atoms with E-state index in [1.165, 1.54) is 19.3 Å². The Bertz CT molecular complexity index is 390. The summed E-state index contributed by atoms with van der Waals surface area (Å²) in [6.07, 6.45) is 3.57. The number of rotatable bonds is 3. The maximum atomic E-state index is 12.1. The zero-order valence-electron chi connectivity index (χ0n) is 10.2. The predicted octanol–water partition coefficient (Wildman–Crippen LogP) is -0.368. The Morgan fingerprint density at radius 1 is 1.41 bits per heavy atom. The van der Waals surface area contributed by atoms with Gasteiger partial charge in [0.25, 0.3) is 0 Å². The summed E-state index contributed by atoms with van der Waals surface area (Å²) in [7, 11) is -1.45. The van der Waals surface area contributed by atoms with Gasteiger partial charge in [0, 0.05) is 13.1 Å². The molecule has 0 spiro atoms. The van der Waals surface area contributed by atoms with Crippen LogP contribution in [0.2, 0.25) is 0 Å². The van der Waals surface area contributed by atoms with Crippen molar-refractivity contribution in [2.45, 2.75) is 25.3 Å². The van der Waals surface area contributed by atoms with E-state index in [9.17, 15) is 13.2 Å². The molecule has 0 aromatic carbocycles. The highest BCUT2D eigenvalue weighted by Crippen LogP contribution is 2.27. The summed E-state index contributed by atoms with van der Waals surface area (Å²) in [6, 6.07) is -0.567. The van der Waals surface area contributed by atoms with E-state index in [4.69, 9.17) is 0 Å². The molecule has 1 saturated heterocycles. The molecule has 2 fully saturated rings. The van der Waals surface area contributed by atoms with Gasteiger partial charge in [-0.25, -0.2) is 8.42 Å². The SMILES string of the molecule is CNC1CS(=O)(=O)CCN(CC2CCC2)C1=O. The van der Waals surface area contributed by atoms with Crippen molar-refractivity contribution >= 4 is 15.7 Å². The van der Waals surface area contributed by atoms with E-state index in [-0.39, 0.29) is 17.4 Å². The second-order valence-corrected chi connectivity index (χ2v) is 7.27. The van der Waals surface area contributed by atoms with Crippen LogP contribution < -0.4 is 5.32 Å². The summed E-state index contributed by atoms with van der Waals surface area (Å²) in [5.74, 6) is 0.561. The lowest BCUT2D eigenvalue weighted by Crippen LogP contribution is -2.48. The van der Waals surface area contributed by atoms with Crippen LogP contribution in [0.3, 0.4) is 0 Å². The maximum absolute atomic E-state index is 12.1. The van der Waals surface area contributed by atoms with Crippen LogP contribution in [0, 0.1) is 5.92 Å². The van der Waals surface area contributed by atoms with Crippen molar-refractivity contribution in [3.63, 3.8) is 0 Å². The molecule has 0 aromatic rings. The molecule has 2 rings (SSSR count). The summed E-state index contributed by atoms with van der Waals surface area (Å²) in [5.41, 5.74) is 0. The number of hydrogen-bond donors (Lipinski definition) is 1. The van der Waals surface area contributed by atoms with E-state index in [0.29, 0.717) is 12.5 Å². The highest BCUT2D eigenvalue weighted by atomic mass is 32.2. The fourth-order valence-corrected chi connectivity index (χ4v) is 3.85.